The van der Waals surface area contributed by atoms with Gasteiger partial charge in [0.2, 0.25) is 0 Å². The van der Waals surface area contributed by atoms with Crippen LogP contribution in [0.5, 0.6) is 0 Å². The summed E-state index contributed by atoms with van der Waals surface area (Å²) in [4.78, 5) is 2.39. The molecule has 1 aromatic carbocycles. The van der Waals surface area contributed by atoms with Gasteiger partial charge in [-0.3, -0.25) is 0 Å². The number of thioether (sulfide) groups is 1. The first-order valence-electron chi connectivity index (χ1n) is 6.52. The average molecular weight is 354 g/mol. The van der Waals surface area contributed by atoms with Gasteiger partial charge in [0.1, 0.15) is 0 Å². The van der Waals surface area contributed by atoms with Gasteiger partial charge in [0, 0.05) is 4.90 Å². The van der Waals surface area contributed by atoms with Crippen molar-refractivity contribution in [1.82, 2.24) is 0 Å². The Morgan fingerprint density at radius 1 is 1.11 bits per heavy atom. The van der Waals surface area contributed by atoms with Crippen molar-refractivity contribution in [1.29, 1.82) is 0 Å². The van der Waals surface area contributed by atoms with Crippen molar-refractivity contribution < 1.29 is 0 Å². The van der Waals surface area contributed by atoms with Crippen LogP contribution in [0.2, 0.25) is 0 Å². The van der Waals surface area contributed by atoms with Crippen LogP contribution in [0, 0.1) is 0 Å². The van der Waals surface area contributed by atoms with Crippen molar-refractivity contribution in [3.8, 4) is 0 Å². The van der Waals surface area contributed by atoms with Crippen LogP contribution in [-0.4, -0.2) is 6.00 Å². The number of hydrogen-bond acceptors (Lipinski definition) is 1. The van der Waals surface area contributed by atoms with Crippen molar-refractivity contribution in [2.75, 3.05) is 0 Å². The first kappa shape index (κ1) is 17.4. The molecule has 0 heterocycles. The minimum atomic E-state index is -2.71. The molecule has 0 aromatic heterocycles. The van der Waals surface area contributed by atoms with Gasteiger partial charge in [-0.2, -0.15) is 0 Å². The van der Waals surface area contributed by atoms with E-state index in [-0.39, 0.29) is 0 Å². The van der Waals surface area contributed by atoms with Gasteiger partial charge >= 0.3 is 6.00 Å². The molecular formula is C14H19Cl3SSi. The highest BCUT2D eigenvalue weighted by Crippen LogP contribution is 2.34. The van der Waals surface area contributed by atoms with E-state index in [2.05, 4.69) is 19.1 Å². The van der Waals surface area contributed by atoms with E-state index in [1.807, 2.05) is 23.9 Å². The van der Waals surface area contributed by atoms with Crippen LogP contribution in [-0.2, 0) is 0 Å². The Hall–Kier alpha value is 0.397. The molecule has 5 heteroatoms. The van der Waals surface area contributed by atoms with E-state index in [4.69, 9.17) is 33.2 Å². The van der Waals surface area contributed by atoms with Gasteiger partial charge in [-0.25, -0.2) is 0 Å². The summed E-state index contributed by atoms with van der Waals surface area (Å²) < 4.78 is 0. The Morgan fingerprint density at radius 2 is 1.79 bits per heavy atom. The van der Waals surface area contributed by atoms with Gasteiger partial charge in [-0.05, 0) is 35.6 Å². The van der Waals surface area contributed by atoms with Gasteiger partial charge in [-0.15, -0.1) is 33.2 Å². The lowest BCUT2D eigenvalue weighted by atomic mass is 10.1. The molecule has 0 fully saturated rings. The highest BCUT2D eigenvalue weighted by atomic mass is 35.8. The molecule has 0 saturated carbocycles. The predicted octanol–water partition coefficient (Wildman–Crippen LogP) is 6.83. The molecule has 0 amide bonds. The fourth-order valence-electron chi connectivity index (χ4n) is 1.70. The van der Waals surface area contributed by atoms with Crippen LogP contribution in [0.3, 0.4) is 0 Å². The topological polar surface area (TPSA) is 0 Å². The Kier molecular flexibility index (Phi) is 8.59. The zero-order valence-corrected chi connectivity index (χ0v) is 15.1. The van der Waals surface area contributed by atoms with Gasteiger partial charge in [0.15, 0.2) is 0 Å². The van der Waals surface area contributed by atoms with E-state index in [1.54, 1.807) is 11.8 Å². The fraction of sp³-hybridized carbons (Fsp3) is 0.429. The lowest BCUT2D eigenvalue weighted by molar-refractivity contribution is 0.672. The molecule has 0 N–H and O–H groups in total. The van der Waals surface area contributed by atoms with E-state index in [9.17, 15) is 0 Å². The molecule has 0 radical (unpaired) electrons. The second-order valence-corrected chi connectivity index (χ2v) is 14.1. The number of unbranched alkanes of at least 4 members (excludes halogenated alkanes) is 3. The Morgan fingerprint density at radius 3 is 2.37 bits per heavy atom. The molecule has 0 aliphatic carbocycles. The average Bonchev–Trinajstić information content (AvgIpc) is 2.34. The summed E-state index contributed by atoms with van der Waals surface area (Å²) in [5.74, 6) is 0. The molecule has 0 aliphatic heterocycles. The van der Waals surface area contributed by atoms with E-state index in [0.29, 0.717) is 0 Å². The molecule has 19 heavy (non-hydrogen) atoms. The molecule has 0 spiro atoms. The number of hydrogen-bond donors (Lipinski definition) is 0. The highest BCUT2D eigenvalue weighted by Gasteiger charge is 2.22. The predicted molar refractivity (Wildman–Crippen MR) is 92.5 cm³/mol. The summed E-state index contributed by atoms with van der Waals surface area (Å²) in [7, 11) is 0. The molecule has 1 aromatic rings. The number of halogens is 3. The van der Waals surface area contributed by atoms with Crippen LogP contribution in [0.25, 0.3) is 0 Å². The summed E-state index contributed by atoms with van der Waals surface area (Å²) in [6, 6.07) is 7.54. The van der Waals surface area contributed by atoms with Gasteiger partial charge in [0.25, 0.3) is 0 Å². The van der Waals surface area contributed by atoms with Crippen molar-refractivity contribution >= 4 is 51.0 Å². The summed E-state index contributed by atoms with van der Waals surface area (Å²) in [6.07, 6.45) is 5.91. The van der Waals surface area contributed by atoms with E-state index in [1.165, 1.54) is 29.1 Å². The minimum absolute atomic E-state index is 1.00. The second-order valence-electron chi connectivity index (χ2n) is 4.38. The zero-order valence-electron chi connectivity index (χ0n) is 11.0. The first-order valence-corrected chi connectivity index (χ1v) is 12.5. The molecule has 0 nitrogen and oxygen atoms in total. The van der Waals surface area contributed by atoms with E-state index in [0.717, 1.165) is 12.8 Å². The standard InChI is InChI=1S/C14H19Cl3SSi/c1-2-3-4-6-11-14(12-19(15,16)17)18-13-9-7-5-8-10-13/h5,7-10,12H,2-4,6,11H2,1H3. The van der Waals surface area contributed by atoms with Crippen molar-refractivity contribution in [2.45, 2.75) is 43.9 Å². The summed E-state index contributed by atoms with van der Waals surface area (Å²) in [5.41, 5.74) is 1.88. The molecule has 106 valence electrons. The van der Waals surface area contributed by atoms with Crippen molar-refractivity contribution in [2.24, 2.45) is 0 Å². The lowest BCUT2D eigenvalue weighted by Crippen LogP contribution is -2.05. The minimum Gasteiger partial charge on any atom is -0.121 e. The monoisotopic (exact) mass is 352 g/mol. The third-order valence-corrected chi connectivity index (χ3v) is 5.55. The fourth-order valence-corrected chi connectivity index (χ4v) is 5.59. The smallest absolute Gasteiger partial charge is 0.121 e. The number of allylic oxidation sites excluding steroid dienone is 1. The Bertz CT molecular complexity index is 387. The summed E-state index contributed by atoms with van der Waals surface area (Å²) in [5, 5.41) is 0. The Balaban J connectivity index is 2.62. The van der Waals surface area contributed by atoms with Crippen LogP contribution in [0.15, 0.2) is 45.8 Å². The molecule has 0 saturated heterocycles. The third kappa shape index (κ3) is 9.04. The van der Waals surface area contributed by atoms with Crippen LogP contribution in [0.1, 0.15) is 39.0 Å². The second kappa shape index (κ2) is 9.35. The number of benzene rings is 1. The molecular weight excluding hydrogens is 335 g/mol. The quantitative estimate of drug-likeness (QED) is 0.214. The van der Waals surface area contributed by atoms with Crippen LogP contribution < -0.4 is 0 Å². The SMILES string of the molecule is CCCCCCC(=C[Si](Cl)(Cl)Cl)Sc1ccccc1. The van der Waals surface area contributed by atoms with E-state index >= 15 is 0 Å². The zero-order chi connectivity index (χ0) is 14.1. The van der Waals surface area contributed by atoms with E-state index < -0.39 is 6.00 Å². The summed E-state index contributed by atoms with van der Waals surface area (Å²) in [6.45, 7) is 2.21. The summed E-state index contributed by atoms with van der Waals surface area (Å²) >= 11 is 19.8. The van der Waals surface area contributed by atoms with Crippen LogP contribution in [0.4, 0.5) is 0 Å². The maximum Gasteiger partial charge on any atom is 0.366 e. The van der Waals surface area contributed by atoms with Gasteiger partial charge in [0.05, 0.1) is 0 Å². The molecule has 0 aliphatic rings. The van der Waals surface area contributed by atoms with Gasteiger partial charge < -0.3 is 0 Å². The molecule has 1 rings (SSSR count). The first-order chi connectivity index (χ1) is 9.01. The van der Waals surface area contributed by atoms with Crippen molar-refractivity contribution in [3.05, 3.63) is 40.9 Å². The van der Waals surface area contributed by atoms with Gasteiger partial charge in [-0.1, -0.05) is 56.1 Å². The van der Waals surface area contributed by atoms with Crippen LogP contribution >= 0.6 is 45.0 Å². The van der Waals surface area contributed by atoms with Crippen molar-refractivity contribution in [3.63, 3.8) is 0 Å². The molecule has 0 atom stereocenters. The highest BCUT2D eigenvalue weighted by molar-refractivity contribution is 8.03. The maximum atomic E-state index is 6.01. The molecule has 0 unspecified atom stereocenters. The lowest BCUT2D eigenvalue weighted by Gasteiger charge is -2.10. The third-order valence-electron chi connectivity index (χ3n) is 2.59. The Labute approximate surface area is 135 Å². The maximum absolute atomic E-state index is 6.01. The molecule has 0 bridgehead atoms. The normalized spacial score (nSPS) is 12.7. The number of rotatable bonds is 8. The largest absolute Gasteiger partial charge is 0.366 e.